The third-order valence-corrected chi connectivity index (χ3v) is 13.6. The van der Waals surface area contributed by atoms with Crippen LogP contribution in [-0.2, 0) is 0 Å². The molecule has 0 spiro atoms. The van der Waals surface area contributed by atoms with Gasteiger partial charge in [0.25, 0.3) is 0 Å². The molecule has 3 nitrogen and oxygen atoms in total. The molecule has 0 saturated heterocycles. The second kappa shape index (κ2) is 16.9. The highest BCUT2D eigenvalue weighted by molar-refractivity contribution is 6.11. The van der Waals surface area contributed by atoms with E-state index in [2.05, 4.69) is 264 Å². The maximum absolute atomic E-state index is 6.51. The summed E-state index contributed by atoms with van der Waals surface area (Å²) in [5, 5.41) is 4.73. The van der Waals surface area contributed by atoms with Crippen LogP contribution in [0.5, 0.6) is 0 Å². The van der Waals surface area contributed by atoms with Gasteiger partial charge < -0.3 is 13.9 Å². The normalized spacial score (nSPS) is 11.5. The number of hydrogen-bond acceptors (Lipinski definition) is 2. The molecule has 2 aromatic heterocycles. The summed E-state index contributed by atoms with van der Waals surface area (Å²) in [6.07, 6.45) is 0. The van der Waals surface area contributed by atoms with Gasteiger partial charge in [-0.2, -0.15) is 0 Å². The van der Waals surface area contributed by atoms with E-state index in [1.165, 1.54) is 38.5 Å². The Labute approximate surface area is 401 Å². The number of furan rings is 1. The Balaban J connectivity index is 0.962. The van der Waals surface area contributed by atoms with Gasteiger partial charge in [0, 0.05) is 49.6 Å². The fraction of sp³-hybridized carbons (Fsp3) is 0. The van der Waals surface area contributed by atoms with Crippen LogP contribution in [0.4, 0.5) is 17.1 Å². The van der Waals surface area contributed by atoms with E-state index < -0.39 is 0 Å². The van der Waals surface area contributed by atoms with E-state index in [0.29, 0.717) is 0 Å². The summed E-state index contributed by atoms with van der Waals surface area (Å²) in [5.74, 6) is 0. The van der Waals surface area contributed by atoms with Crippen molar-refractivity contribution in [3.05, 3.63) is 267 Å². The molecule has 0 saturated carbocycles. The van der Waals surface area contributed by atoms with Gasteiger partial charge >= 0.3 is 0 Å². The van der Waals surface area contributed by atoms with Crippen molar-refractivity contribution in [3.63, 3.8) is 0 Å². The lowest BCUT2D eigenvalue weighted by Crippen LogP contribution is -2.11. The molecule has 3 heteroatoms. The summed E-state index contributed by atoms with van der Waals surface area (Å²) in [4.78, 5) is 2.40. The van der Waals surface area contributed by atoms with Crippen LogP contribution in [-0.4, -0.2) is 4.57 Å². The van der Waals surface area contributed by atoms with Gasteiger partial charge in [-0.05, 0) is 99.6 Å². The van der Waals surface area contributed by atoms with Crippen LogP contribution in [0.15, 0.2) is 271 Å². The van der Waals surface area contributed by atoms with Gasteiger partial charge in [-0.1, -0.05) is 206 Å². The third-order valence-electron chi connectivity index (χ3n) is 13.6. The van der Waals surface area contributed by atoms with Gasteiger partial charge in [-0.25, -0.2) is 0 Å². The van der Waals surface area contributed by atoms with E-state index in [9.17, 15) is 0 Å². The van der Waals surface area contributed by atoms with Crippen LogP contribution in [0.25, 0.3) is 105 Å². The fourth-order valence-corrected chi connectivity index (χ4v) is 10.4. The van der Waals surface area contributed by atoms with Crippen molar-refractivity contribution in [2.45, 2.75) is 0 Å². The minimum Gasteiger partial charge on any atom is -0.455 e. The lowest BCUT2D eigenvalue weighted by molar-refractivity contribution is 0.670. The van der Waals surface area contributed by atoms with Crippen molar-refractivity contribution in [1.82, 2.24) is 4.57 Å². The molecule has 0 N–H and O–H groups in total. The second-order valence-electron chi connectivity index (χ2n) is 17.6. The molecule has 69 heavy (non-hydrogen) atoms. The number of anilines is 3. The predicted octanol–water partition coefficient (Wildman–Crippen LogP) is 18.5. The van der Waals surface area contributed by atoms with E-state index in [1.807, 2.05) is 12.1 Å². The maximum atomic E-state index is 6.51. The summed E-state index contributed by atoms with van der Waals surface area (Å²) in [6.45, 7) is 0. The molecule has 11 aromatic carbocycles. The molecule has 0 aliphatic heterocycles. The van der Waals surface area contributed by atoms with E-state index in [4.69, 9.17) is 4.42 Å². The first-order valence-electron chi connectivity index (χ1n) is 23.6. The van der Waals surface area contributed by atoms with Gasteiger partial charge in [-0.15, -0.1) is 0 Å². The Hall–Kier alpha value is -9.18. The standard InChI is InChI=1S/C66H44N2O/c1-2-18-45(19-3-1)48-20-16-21-49(44-48)46-36-40-50(41-37-46)67(51-42-38-47(39-43-51)52-29-17-30-60-59-28-10-15-35-65(59)69-66(52)60)61-31-11-6-24-55(61)53-22-4-5-23-54(53)56-25-7-12-32-62(56)68-63-33-13-8-26-57(63)58-27-9-14-34-64(58)68/h1-44H. The Kier molecular flexibility index (Phi) is 9.84. The summed E-state index contributed by atoms with van der Waals surface area (Å²) in [7, 11) is 0. The fourth-order valence-electron chi connectivity index (χ4n) is 10.4. The maximum Gasteiger partial charge on any atom is 0.143 e. The Morgan fingerprint density at radius 2 is 0.754 bits per heavy atom. The summed E-state index contributed by atoms with van der Waals surface area (Å²) >= 11 is 0. The average molecular weight is 881 g/mol. The van der Waals surface area contributed by atoms with Crippen molar-refractivity contribution in [1.29, 1.82) is 0 Å². The molecule has 0 atom stereocenters. The van der Waals surface area contributed by atoms with Crippen LogP contribution >= 0.6 is 0 Å². The number of benzene rings is 11. The molecular weight excluding hydrogens is 837 g/mol. The van der Waals surface area contributed by atoms with Crippen molar-refractivity contribution >= 4 is 60.8 Å². The molecule has 2 heterocycles. The summed E-state index contributed by atoms with van der Waals surface area (Å²) in [5.41, 5.74) is 20.0. The van der Waals surface area contributed by atoms with Crippen LogP contribution in [0.2, 0.25) is 0 Å². The van der Waals surface area contributed by atoms with Crippen molar-refractivity contribution in [2.24, 2.45) is 0 Å². The Morgan fingerprint density at radius 3 is 1.45 bits per heavy atom. The van der Waals surface area contributed by atoms with Gasteiger partial charge in [0.15, 0.2) is 0 Å². The van der Waals surface area contributed by atoms with Crippen molar-refractivity contribution in [3.8, 4) is 61.3 Å². The first-order chi connectivity index (χ1) is 34.2. The van der Waals surface area contributed by atoms with Gasteiger partial charge in [0.05, 0.1) is 22.4 Å². The Morgan fingerprint density at radius 1 is 0.290 bits per heavy atom. The predicted molar refractivity (Wildman–Crippen MR) is 290 cm³/mol. The molecule has 324 valence electrons. The number of para-hydroxylation sites is 6. The molecule has 13 aromatic rings. The largest absolute Gasteiger partial charge is 0.455 e. The molecule has 0 fully saturated rings. The zero-order chi connectivity index (χ0) is 45.7. The number of rotatable bonds is 9. The van der Waals surface area contributed by atoms with Crippen LogP contribution < -0.4 is 4.90 Å². The number of fused-ring (bicyclic) bond motifs is 6. The van der Waals surface area contributed by atoms with E-state index in [1.54, 1.807) is 0 Å². The van der Waals surface area contributed by atoms with Crippen molar-refractivity contribution < 1.29 is 4.42 Å². The third kappa shape index (κ3) is 6.99. The molecule has 13 rings (SSSR count). The van der Waals surface area contributed by atoms with Crippen LogP contribution in [0.3, 0.4) is 0 Å². The molecular formula is C66H44N2O. The van der Waals surface area contributed by atoms with Gasteiger partial charge in [0.1, 0.15) is 11.2 Å². The minimum absolute atomic E-state index is 0.896. The quantitative estimate of drug-likeness (QED) is 0.144. The minimum atomic E-state index is 0.896. The second-order valence-corrected chi connectivity index (χ2v) is 17.6. The van der Waals surface area contributed by atoms with E-state index in [-0.39, 0.29) is 0 Å². The first-order valence-corrected chi connectivity index (χ1v) is 23.6. The number of aromatic nitrogens is 1. The highest BCUT2D eigenvalue weighted by atomic mass is 16.3. The zero-order valence-corrected chi connectivity index (χ0v) is 37.7. The zero-order valence-electron chi connectivity index (χ0n) is 37.7. The summed E-state index contributed by atoms with van der Waals surface area (Å²) in [6, 6.07) is 96.1. The first kappa shape index (κ1) is 40.1. The molecule has 0 radical (unpaired) electrons. The highest BCUT2D eigenvalue weighted by Crippen LogP contribution is 2.46. The molecule has 0 aliphatic carbocycles. The topological polar surface area (TPSA) is 21.3 Å². The van der Waals surface area contributed by atoms with Crippen molar-refractivity contribution in [2.75, 3.05) is 4.90 Å². The van der Waals surface area contributed by atoms with Gasteiger partial charge in [0.2, 0.25) is 0 Å². The monoisotopic (exact) mass is 880 g/mol. The highest BCUT2D eigenvalue weighted by Gasteiger charge is 2.22. The lowest BCUT2D eigenvalue weighted by Gasteiger charge is -2.29. The summed E-state index contributed by atoms with van der Waals surface area (Å²) < 4.78 is 8.94. The average Bonchev–Trinajstić information content (AvgIpc) is 3.98. The Bertz CT molecular complexity index is 3960. The molecule has 0 amide bonds. The van der Waals surface area contributed by atoms with E-state index in [0.717, 1.165) is 83.6 Å². The lowest BCUT2D eigenvalue weighted by atomic mass is 9.92. The number of nitrogens with zero attached hydrogens (tertiary/aromatic N) is 2. The SMILES string of the molecule is c1ccc(-c2cccc(-c3ccc(N(c4ccc(-c5cccc6c5oc5ccccc56)cc4)c4ccccc4-c4ccccc4-c4ccccc4-n4c5ccccc5c5ccccc54)cc3)c2)cc1. The molecule has 0 aliphatic rings. The van der Waals surface area contributed by atoms with Crippen LogP contribution in [0.1, 0.15) is 0 Å². The van der Waals surface area contributed by atoms with Gasteiger partial charge in [-0.3, -0.25) is 0 Å². The molecule has 0 unspecified atom stereocenters. The smallest absolute Gasteiger partial charge is 0.143 e. The molecule has 0 bridgehead atoms. The van der Waals surface area contributed by atoms with Crippen LogP contribution in [0, 0.1) is 0 Å². The van der Waals surface area contributed by atoms with E-state index >= 15 is 0 Å². The number of hydrogen-bond donors (Lipinski definition) is 0.